The minimum Gasteiger partial charge on any atom is -0.338 e. The number of amides is 1. The standard InChI is InChI=1S/C16H23F2NO/c1-4-6-8-14(13(3)7-5-2)15(20)19-11-9-16(17,18)10-12-19/h4,6-8H,5,9-12H2,1-3H3/b6-4-,13-7+,14-8+. The first-order valence-corrected chi connectivity index (χ1v) is 7.08. The number of carbonyl (C=O) groups excluding carboxylic acids is 1. The van der Waals surface area contributed by atoms with Gasteiger partial charge in [0.15, 0.2) is 0 Å². The lowest BCUT2D eigenvalue weighted by atomic mass is 10.0. The van der Waals surface area contributed by atoms with Crippen molar-refractivity contribution in [2.24, 2.45) is 0 Å². The van der Waals surface area contributed by atoms with Gasteiger partial charge in [-0.1, -0.05) is 25.2 Å². The lowest BCUT2D eigenvalue weighted by molar-refractivity contribution is -0.132. The molecule has 0 aromatic rings. The fraction of sp³-hybridized carbons (Fsp3) is 0.562. The highest BCUT2D eigenvalue weighted by Gasteiger charge is 2.36. The van der Waals surface area contributed by atoms with E-state index in [1.807, 2.05) is 32.9 Å². The molecule has 0 radical (unpaired) electrons. The van der Waals surface area contributed by atoms with Crippen LogP contribution in [0.1, 0.15) is 40.0 Å². The SMILES string of the molecule is C\C=C/C=C(C(=O)N1CCC(F)(F)CC1)\C(C)=C\CC. The number of nitrogens with zero attached hydrogens (tertiary/aromatic N) is 1. The molecule has 2 nitrogen and oxygen atoms in total. The highest BCUT2D eigenvalue weighted by Crippen LogP contribution is 2.29. The Hall–Kier alpha value is -1.45. The Morgan fingerprint density at radius 3 is 2.40 bits per heavy atom. The Balaban J connectivity index is 2.87. The summed E-state index contributed by atoms with van der Waals surface area (Å²) in [5.41, 5.74) is 1.49. The summed E-state index contributed by atoms with van der Waals surface area (Å²) in [4.78, 5) is 14.0. The van der Waals surface area contributed by atoms with E-state index in [0.29, 0.717) is 5.57 Å². The first-order chi connectivity index (χ1) is 9.41. The van der Waals surface area contributed by atoms with Gasteiger partial charge in [0.2, 0.25) is 0 Å². The molecule has 0 aromatic heterocycles. The van der Waals surface area contributed by atoms with E-state index in [0.717, 1.165) is 12.0 Å². The predicted molar refractivity (Wildman–Crippen MR) is 77.7 cm³/mol. The third kappa shape index (κ3) is 4.58. The number of allylic oxidation sites excluding steroid dienone is 4. The van der Waals surface area contributed by atoms with Crippen LogP contribution in [-0.2, 0) is 4.79 Å². The summed E-state index contributed by atoms with van der Waals surface area (Å²) in [6.45, 7) is 6.01. The Kier molecular flexibility index (Phi) is 6.11. The minimum atomic E-state index is -2.63. The maximum atomic E-state index is 13.1. The van der Waals surface area contributed by atoms with E-state index in [1.165, 1.54) is 4.90 Å². The topological polar surface area (TPSA) is 20.3 Å². The van der Waals surface area contributed by atoms with Gasteiger partial charge in [-0.3, -0.25) is 4.79 Å². The number of rotatable bonds is 4. The van der Waals surface area contributed by atoms with E-state index >= 15 is 0 Å². The fourth-order valence-electron chi connectivity index (χ4n) is 2.19. The Morgan fingerprint density at radius 1 is 1.30 bits per heavy atom. The molecule has 1 amide bonds. The smallest absolute Gasteiger partial charge is 0.254 e. The Morgan fingerprint density at radius 2 is 1.90 bits per heavy atom. The monoisotopic (exact) mass is 283 g/mol. The summed E-state index contributed by atoms with van der Waals surface area (Å²) < 4.78 is 26.3. The summed E-state index contributed by atoms with van der Waals surface area (Å²) >= 11 is 0. The molecule has 1 fully saturated rings. The number of carbonyl (C=O) groups is 1. The molecule has 1 rings (SSSR count). The summed E-state index contributed by atoms with van der Waals surface area (Å²) in [7, 11) is 0. The van der Waals surface area contributed by atoms with Crippen LogP contribution in [-0.4, -0.2) is 29.8 Å². The zero-order valence-electron chi connectivity index (χ0n) is 12.5. The first kappa shape index (κ1) is 16.6. The highest BCUT2D eigenvalue weighted by molar-refractivity contribution is 5.98. The molecule has 20 heavy (non-hydrogen) atoms. The van der Waals surface area contributed by atoms with Crippen molar-refractivity contribution < 1.29 is 13.6 Å². The van der Waals surface area contributed by atoms with Crippen LogP contribution in [0.4, 0.5) is 8.78 Å². The van der Waals surface area contributed by atoms with Gasteiger partial charge in [0.1, 0.15) is 0 Å². The van der Waals surface area contributed by atoms with E-state index in [1.54, 1.807) is 12.2 Å². The van der Waals surface area contributed by atoms with Crippen molar-refractivity contribution in [1.29, 1.82) is 0 Å². The first-order valence-electron chi connectivity index (χ1n) is 7.08. The molecule has 112 valence electrons. The number of hydrogen-bond acceptors (Lipinski definition) is 1. The van der Waals surface area contributed by atoms with Crippen LogP contribution in [0, 0.1) is 0 Å². The molecule has 4 heteroatoms. The predicted octanol–water partition coefficient (Wildman–Crippen LogP) is 4.10. The number of piperidine rings is 1. The normalized spacial score (nSPS) is 20.6. The van der Waals surface area contributed by atoms with Crippen molar-refractivity contribution in [3.63, 3.8) is 0 Å². The third-order valence-electron chi connectivity index (χ3n) is 3.40. The van der Waals surface area contributed by atoms with Gasteiger partial charge in [-0.15, -0.1) is 0 Å². The lowest BCUT2D eigenvalue weighted by Gasteiger charge is -2.32. The zero-order chi connectivity index (χ0) is 15.2. The molecule has 1 aliphatic rings. The van der Waals surface area contributed by atoms with Gasteiger partial charge in [-0.2, -0.15) is 0 Å². The number of alkyl halides is 2. The molecule has 0 N–H and O–H groups in total. The van der Waals surface area contributed by atoms with Gasteiger partial charge in [0.25, 0.3) is 11.8 Å². The second-order valence-corrected chi connectivity index (χ2v) is 5.05. The molecule has 0 unspecified atom stereocenters. The number of hydrogen-bond donors (Lipinski definition) is 0. The molecule has 0 aliphatic carbocycles. The van der Waals surface area contributed by atoms with Crippen LogP contribution < -0.4 is 0 Å². The van der Waals surface area contributed by atoms with Gasteiger partial charge < -0.3 is 4.90 Å². The fourth-order valence-corrected chi connectivity index (χ4v) is 2.19. The maximum absolute atomic E-state index is 13.1. The molecular formula is C16H23F2NO. The van der Waals surface area contributed by atoms with Crippen LogP contribution in [0.25, 0.3) is 0 Å². The van der Waals surface area contributed by atoms with Crippen molar-refractivity contribution in [3.8, 4) is 0 Å². The largest absolute Gasteiger partial charge is 0.338 e. The third-order valence-corrected chi connectivity index (χ3v) is 3.40. The number of likely N-dealkylation sites (tertiary alicyclic amines) is 1. The van der Waals surface area contributed by atoms with Crippen molar-refractivity contribution in [2.45, 2.75) is 46.0 Å². The van der Waals surface area contributed by atoms with Gasteiger partial charge in [0, 0.05) is 31.5 Å². The number of halogens is 2. The second kappa shape index (κ2) is 7.36. The lowest BCUT2D eigenvalue weighted by Crippen LogP contribution is -2.43. The van der Waals surface area contributed by atoms with Crippen LogP contribution in [0.3, 0.4) is 0 Å². The molecule has 1 aliphatic heterocycles. The molecule has 1 heterocycles. The molecule has 0 bridgehead atoms. The molecule has 0 spiro atoms. The van der Waals surface area contributed by atoms with Crippen LogP contribution >= 0.6 is 0 Å². The molecular weight excluding hydrogens is 260 g/mol. The summed E-state index contributed by atoms with van der Waals surface area (Å²) in [6, 6.07) is 0. The zero-order valence-corrected chi connectivity index (χ0v) is 12.5. The summed E-state index contributed by atoms with van der Waals surface area (Å²) in [6.07, 6.45) is 7.74. The summed E-state index contributed by atoms with van der Waals surface area (Å²) in [5, 5.41) is 0. The van der Waals surface area contributed by atoms with E-state index in [2.05, 4.69) is 0 Å². The van der Waals surface area contributed by atoms with Gasteiger partial charge in [-0.05, 0) is 31.9 Å². The van der Waals surface area contributed by atoms with Crippen LogP contribution in [0.15, 0.2) is 35.5 Å². The Labute approximate surface area is 119 Å². The average molecular weight is 283 g/mol. The van der Waals surface area contributed by atoms with Crippen molar-refractivity contribution in [2.75, 3.05) is 13.1 Å². The van der Waals surface area contributed by atoms with Crippen LogP contribution in [0.5, 0.6) is 0 Å². The van der Waals surface area contributed by atoms with E-state index < -0.39 is 5.92 Å². The Bertz CT molecular complexity index is 426. The van der Waals surface area contributed by atoms with Crippen molar-refractivity contribution in [1.82, 2.24) is 4.90 Å². The second-order valence-electron chi connectivity index (χ2n) is 5.05. The van der Waals surface area contributed by atoms with E-state index in [4.69, 9.17) is 0 Å². The quantitative estimate of drug-likeness (QED) is 0.562. The van der Waals surface area contributed by atoms with Crippen LogP contribution in [0.2, 0.25) is 0 Å². The maximum Gasteiger partial charge on any atom is 0.254 e. The average Bonchev–Trinajstić information content (AvgIpc) is 2.39. The van der Waals surface area contributed by atoms with E-state index in [9.17, 15) is 13.6 Å². The van der Waals surface area contributed by atoms with Gasteiger partial charge in [-0.25, -0.2) is 8.78 Å². The van der Waals surface area contributed by atoms with Crippen molar-refractivity contribution >= 4 is 5.91 Å². The van der Waals surface area contributed by atoms with E-state index in [-0.39, 0.29) is 31.8 Å². The van der Waals surface area contributed by atoms with Gasteiger partial charge in [0.05, 0.1) is 0 Å². The molecule has 0 atom stereocenters. The molecule has 0 aromatic carbocycles. The highest BCUT2D eigenvalue weighted by atomic mass is 19.3. The molecule has 1 saturated heterocycles. The minimum absolute atomic E-state index is 0.123. The van der Waals surface area contributed by atoms with Gasteiger partial charge >= 0.3 is 0 Å². The molecule has 0 saturated carbocycles. The van der Waals surface area contributed by atoms with Crippen molar-refractivity contribution in [3.05, 3.63) is 35.5 Å². The summed E-state index contributed by atoms with van der Waals surface area (Å²) in [5.74, 6) is -2.78.